The number of hydrogen-bond acceptors (Lipinski definition) is 2. The first-order valence-corrected chi connectivity index (χ1v) is 9.79. The lowest BCUT2D eigenvalue weighted by molar-refractivity contribution is -0.132. The predicted octanol–water partition coefficient (Wildman–Crippen LogP) is 4.63. The maximum absolute atomic E-state index is 12.5. The van der Waals surface area contributed by atoms with E-state index in [-0.39, 0.29) is 21.4 Å². The first kappa shape index (κ1) is 15.8. The normalized spacial score (nSPS) is 49.3. The number of hydrogen-bond donors (Lipinski definition) is 0. The molecule has 0 radical (unpaired) electrons. The average molecular weight is 377 g/mol. The maximum atomic E-state index is 12.5. The third-order valence-electron chi connectivity index (χ3n) is 7.60. The number of carbonyl (C=O) groups excluding carboxylic acids is 2. The number of rotatable bonds is 0. The van der Waals surface area contributed by atoms with Crippen LogP contribution in [0.5, 0.6) is 0 Å². The number of alkyl halides is 1. The highest BCUT2D eigenvalue weighted by molar-refractivity contribution is 9.10. The van der Waals surface area contributed by atoms with E-state index in [2.05, 4.69) is 36.4 Å². The van der Waals surface area contributed by atoms with Gasteiger partial charge in [-0.05, 0) is 61.3 Å². The van der Waals surface area contributed by atoms with Crippen LogP contribution in [-0.2, 0) is 9.59 Å². The summed E-state index contributed by atoms with van der Waals surface area (Å²) in [7, 11) is 0. The highest BCUT2D eigenvalue weighted by atomic mass is 79.9. The molecule has 4 aliphatic rings. The fourth-order valence-corrected chi connectivity index (χ4v) is 7.18. The maximum Gasteiger partial charge on any atom is 0.169 e. The molecule has 1 unspecified atom stereocenters. The van der Waals surface area contributed by atoms with Crippen LogP contribution >= 0.6 is 15.9 Å². The van der Waals surface area contributed by atoms with Crippen molar-refractivity contribution in [3.05, 3.63) is 23.8 Å². The number of ketones is 2. The molecule has 4 aliphatic carbocycles. The van der Waals surface area contributed by atoms with E-state index in [0.717, 1.165) is 32.1 Å². The molecule has 0 spiro atoms. The van der Waals surface area contributed by atoms with E-state index in [0.29, 0.717) is 30.0 Å². The van der Waals surface area contributed by atoms with E-state index in [9.17, 15) is 9.59 Å². The Labute approximate surface area is 146 Å². The van der Waals surface area contributed by atoms with Crippen molar-refractivity contribution in [3.63, 3.8) is 0 Å². The van der Waals surface area contributed by atoms with Crippen molar-refractivity contribution in [2.45, 2.75) is 57.2 Å². The van der Waals surface area contributed by atoms with Crippen molar-refractivity contribution >= 4 is 27.5 Å². The molecule has 124 valence electrons. The Morgan fingerprint density at radius 3 is 2.70 bits per heavy atom. The second-order valence-electron chi connectivity index (χ2n) is 8.66. The van der Waals surface area contributed by atoms with Gasteiger partial charge in [-0.1, -0.05) is 47.5 Å². The van der Waals surface area contributed by atoms with Gasteiger partial charge in [-0.15, -0.1) is 0 Å². The topological polar surface area (TPSA) is 34.1 Å². The summed E-state index contributed by atoms with van der Waals surface area (Å²) in [5, 5.41) is 0. The minimum atomic E-state index is -0.173. The lowest BCUT2D eigenvalue weighted by atomic mass is 9.47. The van der Waals surface area contributed by atoms with Crippen LogP contribution in [0.25, 0.3) is 0 Å². The first-order valence-electron chi connectivity index (χ1n) is 8.87. The molecule has 0 saturated heterocycles. The monoisotopic (exact) mass is 376 g/mol. The molecular formula is C20H25BrO2. The van der Waals surface area contributed by atoms with E-state index in [1.807, 2.05) is 6.08 Å². The standard InChI is InChI=1S/C20H25BrO2/c1-11-8-17(23)19(2)7-6-14-13(18(11)19)5-4-12-9-16(22)15(21)10-20(12,14)3/h9,13-15,18H,1,4-8,10H2,2-3H3/t13-,14+,15?,18+,19-,20+/m1/s1. The molecule has 2 nitrogen and oxygen atoms in total. The van der Waals surface area contributed by atoms with E-state index < -0.39 is 0 Å². The number of Topliss-reactive ketones (excluding diaryl/α,β-unsaturated/α-hetero) is 1. The van der Waals surface area contributed by atoms with Gasteiger partial charge in [0.15, 0.2) is 5.78 Å². The van der Waals surface area contributed by atoms with Crippen molar-refractivity contribution in [2.24, 2.45) is 28.6 Å². The Bertz CT molecular complexity index is 648. The zero-order valence-corrected chi connectivity index (χ0v) is 15.6. The smallest absolute Gasteiger partial charge is 0.169 e. The molecule has 0 aliphatic heterocycles. The molecule has 0 aromatic carbocycles. The highest BCUT2D eigenvalue weighted by Gasteiger charge is 2.60. The van der Waals surface area contributed by atoms with Gasteiger partial charge in [0.25, 0.3) is 0 Å². The van der Waals surface area contributed by atoms with Crippen LogP contribution in [0, 0.1) is 28.6 Å². The van der Waals surface area contributed by atoms with E-state index in [1.54, 1.807) is 0 Å². The Morgan fingerprint density at radius 1 is 1.22 bits per heavy atom. The number of fused-ring (bicyclic) bond motifs is 5. The lowest BCUT2D eigenvalue weighted by Crippen LogP contribution is -2.52. The fraction of sp³-hybridized carbons (Fsp3) is 0.700. The minimum Gasteiger partial charge on any atom is -0.299 e. The summed E-state index contributed by atoms with van der Waals surface area (Å²) in [6.07, 6.45) is 7.63. The van der Waals surface area contributed by atoms with Crippen molar-refractivity contribution in [1.29, 1.82) is 0 Å². The van der Waals surface area contributed by atoms with Gasteiger partial charge in [-0.25, -0.2) is 0 Å². The van der Waals surface area contributed by atoms with Crippen LogP contribution in [0.2, 0.25) is 0 Å². The van der Waals surface area contributed by atoms with Gasteiger partial charge in [0, 0.05) is 11.8 Å². The number of allylic oxidation sites excluding steroid dienone is 2. The van der Waals surface area contributed by atoms with Gasteiger partial charge in [0.2, 0.25) is 0 Å². The second-order valence-corrected chi connectivity index (χ2v) is 9.77. The molecule has 3 heteroatoms. The van der Waals surface area contributed by atoms with Gasteiger partial charge in [0.1, 0.15) is 5.78 Å². The minimum absolute atomic E-state index is 0.0447. The van der Waals surface area contributed by atoms with Gasteiger partial charge in [0.05, 0.1) is 4.83 Å². The Balaban J connectivity index is 1.75. The van der Waals surface area contributed by atoms with Crippen LogP contribution in [0.4, 0.5) is 0 Å². The molecule has 4 rings (SSSR count). The summed E-state index contributed by atoms with van der Waals surface area (Å²) in [6, 6.07) is 0. The third-order valence-corrected chi connectivity index (χ3v) is 8.37. The molecule has 0 aromatic heterocycles. The summed E-state index contributed by atoms with van der Waals surface area (Å²) in [4.78, 5) is 24.6. The molecule has 3 saturated carbocycles. The van der Waals surface area contributed by atoms with Gasteiger partial charge in [-0.2, -0.15) is 0 Å². The zero-order chi connectivity index (χ0) is 16.6. The lowest BCUT2D eigenvalue weighted by Gasteiger charge is -2.57. The van der Waals surface area contributed by atoms with Crippen LogP contribution in [0.15, 0.2) is 23.8 Å². The summed E-state index contributed by atoms with van der Waals surface area (Å²) >= 11 is 3.59. The Morgan fingerprint density at radius 2 is 1.96 bits per heavy atom. The number of carbonyl (C=O) groups is 2. The molecule has 6 atom stereocenters. The SMILES string of the molecule is C=C1CC(=O)[C@@]2(C)CC[C@H]3[C@@H](CCC4=CC(=O)C(Br)C[C@@]43C)[C@H]12. The molecule has 0 aromatic rings. The average Bonchev–Trinajstić information content (AvgIpc) is 2.71. The predicted molar refractivity (Wildman–Crippen MR) is 94.3 cm³/mol. The van der Waals surface area contributed by atoms with Gasteiger partial charge < -0.3 is 0 Å². The largest absolute Gasteiger partial charge is 0.299 e. The van der Waals surface area contributed by atoms with Crippen LogP contribution < -0.4 is 0 Å². The Hall–Kier alpha value is -0.700. The fourth-order valence-electron chi connectivity index (χ4n) is 6.37. The quantitative estimate of drug-likeness (QED) is 0.456. The summed E-state index contributed by atoms with van der Waals surface area (Å²) in [5.41, 5.74) is 2.47. The van der Waals surface area contributed by atoms with E-state index >= 15 is 0 Å². The van der Waals surface area contributed by atoms with Crippen molar-refractivity contribution in [3.8, 4) is 0 Å². The van der Waals surface area contributed by atoms with E-state index in [4.69, 9.17) is 0 Å². The zero-order valence-electron chi connectivity index (χ0n) is 14.0. The molecule has 0 heterocycles. The molecule has 3 fully saturated rings. The van der Waals surface area contributed by atoms with Crippen LogP contribution in [0.3, 0.4) is 0 Å². The van der Waals surface area contributed by atoms with Gasteiger partial charge in [-0.3, -0.25) is 9.59 Å². The van der Waals surface area contributed by atoms with Crippen LogP contribution in [-0.4, -0.2) is 16.4 Å². The first-order chi connectivity index (χ1) is 10.8. The summed E-state index contributed by atoms with van der Waals surface area (Å²) in [6.45, 7) is 8.82. The van der Waals surface area contributed by atoms with Gasteiger partial charge >= 0.3 is 0 Å². The van der Waals surface area contributed by atoms with Crippen LogP contribution in [0.1, 0.15) is 52.4 Å². The highest BCUT2D eigenvalue weighted by Crippen LogP contribution is 2.65. The molecule has 0 bridgehead atoms. The molecule has 0 amide bonds. The van der Waals surface area contributed by atoms with Crippen molar-refractivity contribution in [1.82, 2.24) is 0 Å². The summed E-state index contributed by atoms with van der Waals surface area (Å²) < 4.78 is 0. The molecule has 23 heavy (non-hydrogen) atoms. The number of halogens is 1. The Kier molecular flexibility index (Phi) is 3.37. The third kappa shape index (κ3) is 1.98. The molecule has 0 N–H and O–H groups in total. The molecular weight excluding hydrogens is 352 g/mol. The summed E-state index contributed by atoms with van der Waals surface area (Å²) in [5.74, 6) is 2.14. The van der Waals surface area contributed by atoms with Crippen molar-refractivity contribution < 1.29 is 9.59 Å². The second kappa shape index (κ2) is 4.91. The van der Waals surface area contributed by atoms with Crippen molar-refractivity contribution in [2.75, 3.05) is 0 Å². The van der Waals surface area contributed by atoms with E-state index in [1.165, 1.54) is 11.1 Å².